The van der Waals surface area contributed by atoms with E-state index in [1.165, 1.54) is 193 Å². The molecule has 0 spiro atoms. The molecule has 9 heteroatoms. The van der Waals surface area contributed by atoms with Gasteiger partial charge >= 0.3 is 0 Å². The molecule has 3 atom stereocenters. The van der Waals surface area contributed by atoms with E-state index >= 15 is 0 Å². The number of allylic oxidation sites excluding steroid dienone is 3. The molecule has 61 heavy (non-hydrogen) atoms. The highest BCUT2D eigenvalue weighted by Crippen LogP contribution is 2.38. The van der Waals surface area contributed by atoms with Crippen molar-refractivity contribution in [2.45, 2.75) is 264 Å². The smallest absolute Gasteiger partial charge is 0.268 e. The molecule has 0 bridgehead atoms. The molecule has 0 aliphatic rings. The van der Waals surface area contributed by atoms with Crippen molar-refractivity contribution in [3.8, 4) is 0 Å². The summed E-state index contributed by atoms with van der Waals surface area (Å²) in [5.74, 6) is -0.203. The Morgan fingerprint density at radius 3 is 1.33 bits per heavy atom. The molecule has 0 radical (unpaired) electrons. The van der Waals surface area contributed by atoms with Crippen LogP contribution in [0, 0.1) is 0 Å². The molecule has 0 aromatic carbocycles. The number of phosphoric acid groups is 1. The number of hydrogen-bond acceptors (Lipinski definition) is 6. The van der Waals surface area contributed by atoms with Gasteiger partial charge in [0.05, 0.1) is 39.9 Å². The summed E-state index contributed by atoms with van der Waals surface area (Å²) < 4.78 is 23.3. The lowest BCUT2D eigenvalue weighted by molar-refractivity contribution is -0.870. The van der Waals surface area contributed by atoms with Crippen molar-refractivity contribution in [3.63, 3.8) is 0 Å². The molecule has 362 valence electrons. The molecule has 0 aliphatic carbocycles. The maximum Gasteiger partial charge on any atom is 0.268 e. The lowest BCUT2D eigenvalue weighted by Gasteiger charge is -2.29. The van der Waals surface area contributed by atoms with Crippen molar-refractivity contribution >= 4 is 13.7 Å². The van der Waals surface area contributed by atoms with Crippen molar-refractivity contribution in [1.82, 2.24) is 5.32 Å². The molecule has 2 N–H and O–H groups in total. The van der Waals surface area contributed by atoms with Crippen LogP contribution in [0.5, 0.6) is 0 Å². The van der Waals surface area contributed by atoms with Gasteiger partial charge in [0.25, 0.3) is 7.82 Å². The predicted octanol–water partition coefficient (Wildman–Crippen LogP) is 14.6. The first-order valence-corrected chi connectivity index (χ1v) is 27.7. The van der Waals surface area contributed by atoms with Gasteiger partial charge in [0.15, 0.2) is 0 Å². The predicted molar refractivity (Wildman–Crippen MR) is 261 cm³/mol. The summed E-state index contributed by atoms with van der Waals surface area (Å²) in [6.07, 6.45) is 53.9. The first-order valence-electron chi connectivity index (χ1n) is 26.2. The summed E-state index contributed by atoms with van der Waals surface area (Å²) in [6.45, 7) is 4.65. The Morgan fingerprint density at radius 2 is 0.918 bits per heavy atom. The fourth-order valence-electron chi connectivity index (χ4n) is 7.76. The average molecular weight is 883 g/mol. The van der Waals surface area contributed by atoms with Crippen LogP contribution in [-0.2, 0) is 18.4 Å². The fourth-order valence-corrected chi connectivity index (χ4v) is 8.48. The van der Waals surface area contributed by atoms with E-state index in [0.29, 0.717) is 17.4 Å². The fraction of sp³-hybridized carbons (Fsp3) is 0.904. The van der Waals surface area contributed by atoms with E-state index in [4.69, 9.17) is 9.05 Å². The third-order valence-electron chi connectivity index (χ3n) is 11.9. The van der Waals surface area contributed by atoms with Crippen LogP contribution in [0.25, 0.3) is 0 Å². The zero-order valence-corrected chi connectivity index (χ0v) is 42.0. The molecule has 0 aromatic rings. The minimum Gasteiger partial charge on any atom is -0.756 e. The molecular weight excluding hydrogens is 780 g/mol. The highest BCUT2D eigenvalue weighted by molar-refractivity contribution is 7.45. The normalized spacial score (nSPS) is 14.3. The maximum absolute atomic E-state index is 12.9. The highest BCUT2D eigenvalue weighted by Gasteiger charge is 2.23. The molecule has 0 rings (SSSR count). The molecule has 0 saturated carbocycles. The molecule has 0 aromatic heterocycles. The van der Waals surface area contributed by atoms with Crippen LogP contribution in [0.4, 0.5) is 0 Å². The average Bonchev–Trinajstić information content (AvgIpc) is 3.21. The summed E-state index contributed by atoms with van der Waals surface area (Å²) in [6, 6.07) is -0.899. The minimum absolute atomic E-state index is 0.00396. The number of aliphatic hydroxyl groups is 1. The van der Waals surface area contributed by atoms with Crippen molar-refractivity contribution in [1.29, 1.82) is 0 Å². The number of carbonyl (C=O) groups excluding carboxylic acids is 1. The lowest BCUT2D eigenvalue weighted by Crippen LogP contribution is -2.45. The van der Waals surface area contributed by atoms with Crippen LogP contribution < -0.4 is 10.2 Å². The van der Waals surface area contributed by atoms with Gasteiger partial charge in [-0.05, 0) is 32.1 Å². The van der Waals surface area contributed by atoms with Crippen LogP contribution in [0.15, 0.2) is 24.3 Å². The second-order valence-corrected chi connectivity index (χ2v) is 20.6. The van der Waals surface area contributed by atoms with Crippen LogP contribution in [-0.4, -0.2) is 68.5 Å². The standard InChI is InChI=1S/C52H103N2O6P/c1-6-8-10-12-14-16-18-20-22-24-25-26-27-28-29-30-32-34-36-38-40-42-44-46-52(56)53-50(49-60-61(57,58)59-48-47-54(3,4)5)51(55)45-43-41-39-37-35-33-31-23-21-19-17-15-13-11-9-7-2/h35,37,43,45,50-51,55H,6-34,36,38-42,44,46-49H2,1-5H3,(H-,53,56,57,58)/b37-35+,45-43+/t50-,51+/m0/s1. The second-order valence-electron chi connectivity index (χ2n) is 19.2. The third-order valence-corrected chi connectivity index (χ3v) is 12.9. The number of likely N-dealkylation sites (N-methyl/N-ethyl adjacent to an activating group) is 1. The number of aliphatic hydroxyl groups excluding tert-OH is 1. The van der Waals surface area contributed by atoms with Crippen molar-refractivity contribution < 1.29 is 32.9 Å². The Balaban J connectivity index is 4.26. The van der Waals surface area contributed by atoms with Crippen molar-refractivity contribution in [2.24, 2.45) is 0 Å². The number of nitrogens with zero attached hydrogens (tertiary/aromatic N) is 1. The van der Waals surface area contributed by atoms with E-state index in [-0.39, 0.29) is 19.1 Å². The van der Waals surface area contributed by atoms with E-state index < -0.39 is 20.0 Å². The number of hydrogen-bond donors (Lipinski definition) is 2. The Morgan fingerprint density at radius 1 is 0.557 bits per heavy atom. The summed E-state index contributed by atoms with van der Waals surface area (Å²) in [4.78, 5) is 25.4. The number of nitrogens with one attached hydrogen (secondary N) is 1. The topological polar surface area (TPSA) is 108 Å². The summed E-state index contributed by atoms with van der Waals surface area (Å²) in [5, 5.41) is 13.8. The zero-order chi connectivity index (χ0) is 45.0. The van der Waals surface area contributed by atoms with Crippen LogP contribution in [0.1, 0.15) is 251 Å². The molecule has 1 unspecified atom stereocenters. The van der Waals surface area contributed by atoms with Gasteiger partial charge in [-0.3, -0.25) is 9.36 Å². The van der Waals surface area contributed by atoms with Crippen LogP contribution in [0.2, 0.25) is 0 Å². The van der Waals surface area contributed by atoms with Gasteiger partial charge in [-0.2, -0.15) is 0 Å². The molecule has 8 nitrogen and oxygen atoms in total. The molecule has 1 amide bonds. The first kappa shape index (κ1) is 60.0. The van der Waals surface area contributed by atoms with Gasteiger partial charge in [0.2, 0.25) is 5.91 Å². The largest absolute Gasteiger partial charge is 0.756 e. The van der Waals surface area contributed by atoms with E-state index in [0.717, 1.165) is 38.5 Å². The maximum atomic E-state index is 12.9. The molecule has 0 saturated heterocycles. The third kappa shape index (κ3) is 46.8. The number of phosphoric ester groups is 1. The molecule has 0 fully saturated rings. The van der Waals surface area contributed by atoms with E-state index in [2.05, 4.69) is 31.3 Å². The van der Waals surface area contributed by atoms with Crippen LogP contribution >= 0.6 is 7.82 Å². The van der Waals surface area contributed by atoms with Crippen molar-refractivity contribution in [2.75, 3.05) is 40.9 Å². The van der Waals surface area contributed by atoms with Gasteiger partial charge < -0.3 is 28.8 Å². The quantitative estimate of drug-likeness (QED) is 0.0273. The number of unbranched alkanes of at least 4 members (excludes halogenated alkanes) is 33. The first-order chi connectivity index (χ1) is 29.5. The summed E-state index contributed by atoms with van der Waals surface area (Å²) in [5.41, 5.74) is 0. The summed E-state index contributed by atoms with van der Waals surface area (Å²) >= 11 is 0. The highest BCUT2D eigenvalue weighted by atomic mass is 31.2. The van der Waals surface area contributed by atoms with Crippen molar-refractivity contribution in [3.05, 3.63) is 24.3 Å². The lowest BCUT2D eigenvalue weighted by atomic mass is 10.0. The van der Waals surface area contributed by atoms with E-state index in [1.807, 2.05) is 27.2 Å². The Bertz CT molecular complexity index is 1050. The summed E-state index contributed by atoms with van der Waals surface area (Å²) in [7, 11) is 1.25. The monoisotopic (exact) mass is 883 g/mol. The van der Waals surface area contributed by atoms with Gasteiger partial charge in [-0.1, -0.05) is 237 Å². The Hall–Kier alpha value is -1.02. The zero-order valence-electron chi connectivity index (χ0n) is 41.1. The Labute approximate surface area is 379 Å². The number of carbonyl (C=O) groups is 1. The van der Waals surface area contributed by atoms with E-state index in [9.17, 15) is 19.4 Å². The van der Waals surface area contributed by atoms with Gasteiger partial charge in [-0.25, -0.2) is 0 Å². The van der Waals surface area contributed by atoms with E-state index in [1.54, 1.807) is 6.08 Å². The molecule has 0 aliphatic heterocycles. The number of amides is 1. The number of quaternary nitrogens is 1. The Kier molecular flexibility index (Phi) is 43.5. The number of rotatable bonds is 48. The minimum atomic E-state index is -4.60. The SMILES string of the molecule is CCCCCCCCCCCC/C=C/CC/C=C/[C@@H](O)[C@H](COP(=O)([O-])OCC[N+](C)(C)C)NC(=O)CCCCCCCCCCCCCCCCCCCCCCCCC. The molecular formula is C52H103N2O6P. The van der Waals surface area contributed by atoms with Crippen LogP contribution in [0.3, 0.4) is 0 Å². The molecule has 0 heterocycles. The van der Waals surface area contributed by atoms with Gasteiger partial charge in [0, 0.05) is 6.42 Å². The van der Waals surface area contributed by atoms with Gasteiger partial charge in [0.1, 0.15) is 13.2 Å². The van der Waals surface area contributed by atoms with Gasteiger partial charge in [-0.15, -0.1) is 0 Å². The second kappa shape index (κ2) is 44.2.